The van der Waals surface area contributed by atoms with Crippen molar-refractivity contribution in [3.63, 3.8) is 0 Å². The zero-order valence-corrected chi connectivity index (χ0v) is 12.1. The molecule has 1 aromatic heterocycles. The van der Waals surface area contributed by atoms with Crippen molar-refractivity contribution >= 4 is 17.5 Å². The number of hydrogen-bond donors (Lipinski definition) is 1. The smallest absolute Gasteiger partial charge is 0.221 e. The average Bonchev–Trinajstić information content (AvgIpc) is 2.95. The number of fused-ring (bicyclic) bond motifs is 1. The highest BCUT2D eigenvalue weighted by Gasteiger charge is 2.32. The lowest BCUT2D eigenvalue weighted by Gasteiger charge is -2.27. The lowest BCUT2D eigenvalue weighted by molar-refractivity contribution is 0.734. The zero-order chi connectivity index (χ0) is 14.9. The second-order valence-electron chi connectivity index (χ2n) is 5.40. The van der Waals surface area contributed by atoms with Crippen LogP contribution in [0.25, 0.3) is 0 Å². The summed E-state index contributed by atoms with van der Waals surface area (Å²) in [5.41, 5.74) is 9.57. The molecule has 0 saturated heterocycles. The molecule has 4 rings (SSSR count). The fraction of sp³-hybridized carbons (Fsp3) is 0.111. The summed E-state index contributed by atoms with van der Waals surface area (Å²) in [7, 11) is 0. The maximum atomic E-state index is 5.78. The number of hydrogen-bond acceptors (Lipinski definition) is 4. The van der Waals surface area contributed by atoms with E-state index >= 15 is 0 Å². The van der Waals surface area contributed by atoms with Crippen LogP contribution in [0.2, 0.25) is 0 Å². The van der Waals surface area contributed by atoms with E-state index in [9.17, 15) is 0 Å². The molecular weight excluding hydrogens is 272 g/mol. The van der Waals surface area contributed by atoms with Crippen LogP contribution in [0.4, 0.5) is 17.5 Å². The summed E-state index contributed by atoms with van der Waals surface area (Å²) in [6.07, 6.45) is 2.67. The molecule has 2 aromatic carbocycles. The predicted octanol–water partition coefficient (Wildman–Crippen LogP) is 3.49. The van der Waals surface area contributed by atoms with Gasteiger partial charge in [-0.1, -0.05) is 48.5 Å². The van der Waals surface area contributed by atoms with Gasteiger partial charge >= 0.3 is 0 Å². The van der Waals surface area contributed by atoms with E-state index in [1.54, 1.807) is 6.20 Å². The SMILES string of the molecule is Nc1nccc(N2c3ccccc3CC2c2ccccc2)n1. The maximum Gasteiger partial charge on any atom is 0.221 e. The number of nitrogens with two attached hydrogens (primary N) is 1. The summed E-state index contributed by atoms with van der Waals surface area (Å²) in [6, 6.07) is 21.1. The van der Waals surface area contributed by atoms with E-state index in [-0.39, 0.29) is 6.04 Å². The molecular formula is C18H16N4. The van der Waals surface area contributed by atoms with Crippen molar-refractivity contribution in [1.29, 1.82) is 0 Å². The van der Waals surface area contributed by atoms with Crippen molar-refractivity contribution in [3.05, 3.63) is 78.0 Å². The fourth-order valence-electron chi connectivity index (χ4n) is 3.11. The highest BCUT2D eigenvalue weighted by Crippen LogP contribution is 2.44. The molecule has 4 heteroatoms. The largest absolute Gasteiger partial charge is 0.368 e. The third kappa shape index (κ3) is 2.09. The number of nitrogen functional groups attached to an aromatic ring is 1. The summed E-state index contributed by atoms with van der Waals surface area (Å²) in [4.78, 5) is 10.7. The predicted molar refractivity (Wildman–Crippen MR) is 87.9 cm³/mol. The van der Waals surface area contributed by atoms with Crippen LogP contribution in [0.15, 0.2) is 66.9 Å². The van der Waals surface area contributed by atoms with Crippen LogP contribution >= 0.6 is 0 Å². The van der Waals surface area contributed by atoms with Crippen LogP contribution in [0.1, 0.15) is 17.2 Å². The van der Waals surface area contributed by atoms with Crippen molar-refractivity contribution in [3.8, 4) is 0 Å². The Morgan fingerprint density at radius 2 is 1.73 bits per heavy atom. The highest BCUT2D eigenvalue weighted by molar-refractivity contribution is 5.70. The monoisotopic (exact) mass is 288 g/mol. The molecule has 2 N–H and O–H groups in total. The molecule has 1 unspecified atom stereocenters. The van der Waals surface area contributed by atoms with E-state index in [4.69, 9.17) is 5.73 Å². The quantitative estimate of drug-likeness (QED) is 0.784. The number of anilines is 3. The third-order valence-corrected chi connectivity index (χ3v) is 4.07. The summed E-state index contributed by atoms with van der Waals surface area (Å²) in [6.45, 7) is 0. The van der Waals surface area contributed by atoms with Gasteiger partial charge in [-0.3, -0.25) is 0 Å². The summed E-state index contributed by atoms with van der Waals surface area (Å²) < 4.78 is 0. The standard InChI is InChI=1S/C18H16N4/c19-18-20-11-10-17(21-18)22-15-9-5-4-8-14(15)12-16(22)13-6-2-1-3-7-13/h1-11,16H,12H2,(H2,19,20,21). The van der Waals surface area contributed by atoms with E-state index in [1.165, 1.54) is 16.8 Å². The van der Waals surface area contributed by atoms with Gasteiger partial charge in [-0.2, -0.15) is 4.98 Å². The van der Waals surface area contributed by atoms with Gasteiger partial charge in [-0.15, -0.1) is 0 Å². The van der Waals surface area contributed by atoms with Crippen LogP contribution in [-0.4, -0.2) is 9.97 Å². The molecule has 0 fully saturated rings. The Labute approximate surface area is 129 Å². The van der Waals surface area contributed by atoms with Gasteiger partial charge in [0.05, 0.1) is 6.04 Å². The van der Waals surface area contributed by atoms with Gasteiger partial charge in [-0.05, 0) is 29.7 Å². The van der Waals surface area contributed by atoms with Crippen molar-refractivity contribution in [2.75, 3.05) is 10.6 Å². The molecule has 0 bridgehead atoms. The highest BCUT2D eigenvalue weighted by atomic mass is 15.3. The third-order valence-electron chi connectivity index (χ3n) is 4.07. The van der Waals surface area contributed by atoms with Crippen molar-refractivity contribution in [2.24, 2.45) is 0 Å². The molecule has 0 spiro atoms. The van der Waals surface area contributed by atoms with Crippen LogP contribution in [0.3, 0.4) is 0 Å². The zero-order valence-electron chi connectivity index (χ0n) is 12.1. The topological polar surface area (TPSA) is 55.0 Å². The Hall–Kier alpha value is -2.88. The Morgan fingerprint density at radius 1 is 0.955 bits per heavy atom. The van der Waals surface area contributed by atoms with E-state index < -0.39 is 0 Å². The second-order valence-corrected chi connectivity index (χ2v) is 5.40. The molecule has 0 amide bonds. The van der Waals surface area contributed by atoms with E-state index in [1.807, 2.05) is 12.1 Å². The average molecular weight is 288 g/mol. The van der Waals surface area contributed by atoms with E-state index in [0.717, 1.165) is 12.2 Å². The van der Waals surface area contributed by atoms with Gasteiger partial charge in [0.2, 0.25) is 5.95 Å². The molecule has 108 valence electrons. The molecule has 0 saturated carbocycles. The van der Waals surface area contributed by atoms with Gasteiger partial charge in [0.15, 0.2) is 0 Å². The van der Waals surface area contributed by atoms with Gasteiger partial charge < -0.3 is 10.6 Å². The Bertz CT molecular complexity index is 801. The van der Waals surface area contributed by atoms with Crippen molar-refractivity contribution in [2.45, 2.75) is 12.5 Å². The van der Waals surface area contributed by atoms with Crippen molar-refractivity contribution < 1.29 is 0 Å². The fourth-order valence-corrected chi connectivity index (χ4v) is 3.11. The van der Waals surface area contributed by atoms with E-state index in [0.29, 0.717) is 5.95 Å². The lowest BCUT2D eigenvalue weighted by Crippen LogP contribution is -2.21. The van der Waals surface area contributed by atoms with Gasteiger partial charge in [0.1, 0.15) is 5.82 Å². The minimum absolute atomic E-state index is 0.230. The molecule has 4 nitrogen and oxygen atoms in total. The number of para-hydroxylation sites is 1. The summed E-state index contributed by atoms with van der Waals surface area (Å²) in [5.74, 6) is 1.14. The Morgan fingerprint density at radius 3 is 2.55 bits per heavy atom. The van der Waals surface area contributed by atoms with Gasteiger partial charge in [0, 0.05) is 11.9 Å². The minimum Gasteiger partial charge on any atom is -0.368 e. The van der Waals surface area contributed by atoms with Gasteiger partial charge in [0.25, 0.3) is 0 Å². The van der Waals surface area contributed by atoms with Gasteiger partial charge in [-0.25, -0.2) is 4.98 Å². The second kappa shape index (κ2) is 5.15. The molecule has 3 aromatic rings. The molecule has 1 aliphatic heterocycles. The van der Waals surface area contributed by atoms with Crippen LogP contribution in [0, 0.1) is 0 Å². The molecule has 0 radical (unpaired) electrons. The first-order valence-electron chi connectivity index (χ1n) is 7.33. The van der Waals surface area contributed by atoms with Crippen LogP contribution in [-0.2, 0) is 6.42 Å². The number of aromatic nitrogens is 2. The normalized spacial score (nSPS) is 16.5. The summed E-state index contributed by atoms with van der Waals surface area (Å²) in [5, 5.41) is 0. The molecule has 1 aliphatic rings. The Balaban J connectivity index is 1.86. The van der Waals surface area contributed by atoms with Crippen LogP contribution < -0.4 is 10.6 Å². The minimum atomic E-state index is 0.230. The number of rotatable bonds is 2. The molecule has 2 heterocycles. The first kappa shape index (κ1) is 12.8. The number of nitrogens with zero attached hydrogens (tertiary/aromatic N) is 3. The molecule has 0 aliphatic carbocycles. The summed E-state index contributed by atoms with van der Waals surface area (Å²) >= 11 is 0. The van der Waals surface area contributed by atoms with Crippen LogP contribution in [0.5, 0.6) is 0 Å². The molecule has 1 atom stereocenters. The first-order valence-corrected chi connectivity index (χ1v) is 7.33. The number of benzene rings is 2. The first-order chi connectivity index (χ1) is 10.8. The van der Waals surface area contributed by atoms with Crippen molar-refractivity contribution in [1.82, 2.24) is 9.97 Å². The Kier molecular flexibility index (Phi) is 3.00. The molecule has 22 heavy (non-hydrogen) atoms. The maximum absolute atomic E-state index is 5.78. The lowest BCUT2D eigenvalue weighted by atomic mass is 10.0. The van der Waals surface area contributed by atoms with E-state index in [2.05, 4.69) is 63.4 Å².